The van der Waals surface area contributed by atoms with Crippen LogP contribution in [0.5, 0.6) is 0 Å². The van der Waals surface area contributed by atoms with Crippen LogP contribution in [-0.4, -0.2) is 0 Å². The molecule has 0 nitrogen and oxygen atoms in total. The number of rotatable bonds is 2. The molecule has 0 aliphatic rings. The summed E-state index contributed by atoms with van der Waals surface area (Å²) in [6.45, 7) is 3.65. The zero-order valence-corrected chi connectivity index (χ0v) is 8.32. The third-order valence-electron chi connectivity index (χ3n) is 1.38. The van der Waals surface area contributed by atoms with Gasteiger partial charge in [0.15, 0.2) is 0 Å². The van der Waals surface area contributed by atoms with Crippen molar-refractivity contribution >= 4 is 27.5 Å². The van der Waals surface area contributed by atoms with Gasteiger partial charge in [-0.2, -0.15) is 0 Å². The second-order valence-electron chi connectivity index (χ2n) is 2.23. The van der Waals surface area contributed by atoms with Crippen LogP contribution in [0.15, 0.2) is 35.3 Å². The van der Waals surface area contributed by atoms with E-state index in [0.29, 0.717) is 0 Å². The van der Waals surface area contributed by atoms with Crippen molar-refractivity contribution in [3.05, 3.63) is 45.9 Å². The lowest BCUT2D eigenvalue weighted by Crippen LogP contribution is -1.81. The fraction of sp³-hybridized carbons (Fsp3) is 0.111. The van der Waals surface area contributed by atoms with E-state index in [9.17, 15) is 0 Å². The molecule has 58 valence electrons. The SMILES string of the molecule is C=CCc1ccc(Br)cc1Cl. The van der Waals surface area contributed by atoms with E-state index >= 15 is 0 Å². The molecular weight excluding hydrogens is 223 g/mol. The van der Waals surface area contributed by atoms with Crippen molar-refractivity contribution in [2.45, 2.75) is 6.42 Å². The minimum Gasteiger partial charge on any atom is -0.103 e. The summed E-state index contributed by atoms with van der Waals surface area (Å²) in [6.07, 6.45) is 2.67. The summed E-state index contributed by atoms with van der Waals surface area (Å²) in [4.78, 5) is 0. The van der Waals surface area contributed by atoms with Gasteiger partial charge in [-0.05, 0) is 24.1 Å². The zero-order valence-electron chi connectivity index (χ0n) is 5.98. The van der Waals surface area contributed by atoms with E-state index in [-0.39, 0.29) is 0 Å². The molecule has 0 fully saturated rings. The van der Waals surface area contributed by atoms with Crippen molar-refractivity contribution in [3.8, 4) is 0 Å². The third kappa shape index (κ3) is 2.35. The molecule has 0 aliphatic carbocycles. The molecule has 1 aromatic rings. The molecule has 0 bridgehead atoms. The minimum absolute atomic E-state index is 0.791. The Labute approximate surface area is 80.0 Å². The monoisotopic (exact) mass is 230 g/mol. The van der Waals surface area contributed by atoms with Crippen molar-refractivity contribution in [1.82, 2.24) is 0 Å². The summed E-state index contributed by atoms with van der Waals surface area (Å²) >= 11 is 9.27. The van der Waals surface area contributed by atoms with Crippen LogP contribution in [0.4, 0.5) is 0 Å². The van der Waals surface area contributed by atoms with E-state index in [0.717, 1.165) is 21.5 Å². The van der Waals surface area contributed by atoms with Gasteiger partial charge in [-0.25, -0.2) is 0 Å². The van der Waals surface area contributed by atoms with Gasteiger partial charge >= 0.3 is 0 Å². The van der Waals surface area contributed by atoms with Gasteiger partial charge in [0.25, 0.3) is 0 Å². The maximum atomic E-state index is 5.93. The Balaban J connectivity index is 2.98. The van der Waals surface area contributed by atoms with Crippen molar-refractivity contribution in [1.29, 1.82) is 0 Å². The predicted molar refractivity (Wildman–Crippen MR) is 53.1 cm³/mol. The molecule has 0 aliphatic heterocycles. The van der Waals surface area contributed by atoms with E-state index < -0.39 is 0 Å². The average molecular weight is 232 g/mol. The largest absolute Gasteiger partial charge is 0.103 e. The Morgan fingerprint density at radius 2 is 2.27 bits per heavy atom. The molecule has 0 saturated heterocycles. The molecule has 11 heavy (non-hydrogen) atoms. The van der Waals surface area contributed by atoms with E-state index in [1.807, 2.05) is 24.3 Å². The smallest absolute Gasteiger partial charge is 0.0452 e. The van der Waals surface area contributed by atoms with Gasteiger partial charge in [0.05, 0.1) is 0 Å². The third-order valence-corrected chi connectivity index (χ3v) is 2.22. The normalized spacial score (nSPS) is 9.64. The zero-order chi connectivity index (χ0) is 8.27. The molecule has 1 aromatic carbocycles. The first-order chi connectivity index (χ1) is 5.24. The first kappa shape index (κ1) is 8.82. The first-order valence-electron chi connectivity index (χ1n) is 3.29. The molecule has 1 rings (SSSR count). The van der Waals surface area contributed by atoms with Crippen molar-refractivity contribution < 1.29 is 0 Å². The first-order valence-corrected chi connectivity index (χ1v) is 4.46. The van der Waals surface area contributed by atoms with Crippen molar-refractivity contribution in [2.24, 2.45) is 0 Å². The quantitative estimate of drug-likeness (QED) is 0.679. The lowest BCUT2D eigenvalue weighted by molar-refractivity contribution is 1.27. The number of hydrogen-bond donors (Lipinski definition) is 0. The van der Waals surface area contributed by atoms with Crippen LogP contribution in [-0.2, 0) is 6.42 Å². The molecule has 0 saturated carbocycles. The summed E-state index contributed by atoms with van der Waals surface area (Å²) in [5, 5.41) is 0.791. The van der Waals surface area contributed by atoms with Crippen LogP contribution in [0, 0.1) is 0 Å². The fourth-order valence-electron chi connectivity index (χ4n) is 0.843. The second-order valence-corrected chi connectivity index (χ2v) is 3.55. The highest BCUT2D eigenvalue weighted by atomic mass is 79.9. The second kappa shape index (κ2) is 3.93. The van der Waals surface area contributed by atoms with Gasteiger partial charge < -0.3 is 0 Å². The maximum Gasteiger partial charge on any atom is 0.0452 e. The van der Waals surface area contributed by atoms with Crippen LogP contribution < -0.4 is 0 Å². The molecule has 0 unspecified atom stereocenters. The highest BCUT2D eigenvalue weighted by Crippen LogP contribution is 2.21. The highest BCUT2D eigenvalue weighted by molar-refractivity contribution is 9.10. The maximum absolute atomic E-state index is 5.93. The Morgan fingerprint density at radius 3 is 2.82 bits per heavy atom. The van der Waals surface area contributed by atoms with E-state index in [4.69, 9.17) is 11.6 Å². The Bertz CT molecular complexity index is 268. The number of allylic oxidation sites excluding steroid dienone is 1. The Hall–Kier alpha value is -0.270. The summed E-state index contributed by atoms with van der Waals surface area (Å²) < 4.78 is 1.01. The molecule has 2 heteroatoms. The summed E-state index contributed by atoms with van der Waals surface area (Å²) in [5.41, 5.74) is 1.12. The van der Waals surface area contributed by atoms with Crippen LogP contribution in [0.2, 0.25) is 5.02 Å². The molecule has 0 heterocycles. The van der Waals surface area contributed by atoms with Gasteiger partial charge in [-0.1, -0.05) is 39.7 Å². The molecule has 0 amide bonds. The van der Waals surface area contributed by atoms with Crippen molar-refractivity contribution in [2.75, 3.05) is 0 Å². The topological polar surface area (TPSA) is 0 Å². The van der Waals surface area contributed by atoms with E-state index in [1.165, 1.54) is 0 Å². The lowest BCUT2D eigenvalue weighted by Gasteiger charge is -1.99. The molecule has 0 atom stereocenters. The lowest BCUT2D eigenvalue weighted by atomic mass is 10.1. The van der Waals surface area contributed by atoms with Crippen LogP contribution >= 0.6 is 27.5 Å². The van der Waals surface area contributed by atoms with Gasteiger partial charge in [-0.15, -0.1) is 6.58 Å². The van der Waals surface area contributed by atoms with Crippen LogP contribution in [0.25, 0.3) is 0 Å². The van der Waals surface area contributed by atoms with Gasteiger partial charge in [0, 0.05) is 9.50 Å². The fourth-order valence-corrected chi connectivity index (χ4v) is 1.59. The Morgan fingerprint density at radius 1 is 1.55 bits per heavy atom. The molecule has 0 aromatic heterocycles. The molecule has 0 N–H and O–H groups in total. The summed E-state index contributed by atoms with van der Waals surface area (Å²) in [7, 11) is 0. The van der Waals surface area contributed by atoms with Gasteiger partial charge in [-0.3, -0.25) is 0 Å². The molecule has 0 radical (unpaired) electrons. The summed E-state index contributed by atoms with van der Waals surface area (Å²) in [6, 6.07) is 5.86. The number of benzene rings is 1. The van der Waals surface area contributed by atoms with Gasteiger partial charge in [0.2, 0.25) is 0 Å². The standard InChI is InChI=1S/C9H8BrCl/c1-2-3-7-4-5-8(10)6-9(7)11/h2,4-6H,1,3H2. The Kier molecular flexibility index (Phi) is 3.16. The van der Waals surface area contributed by atoms with E-state index in [2.05, 4.69) is 22.5 Å². The van der Waals surface area contributed by atoms with Crippen LogP contribution in [0.1, 0.15) is 5.56 Å². The van der Waals surface area contributed by atoms with E-state index in [1.54, 1.807) is 0 Å². The highest BCUT2D eigenvalue weighted by Gasteiger charge is 1.97. The molecule has 0 spiro atoms. The average Bonchev–Trinajstić information content (AvgIpc) is 1.95. The minimum atomic E-state index is 0.791. The van der Waals surface area contributed by atoms with Crippen LogP contribution in [0.3, 0.4) is 0 Å². The molecular formula is C9H8BrCl. The number of halogens is 2. The van der Waals surface area contributed by atoms with Gasteiger partial charge in [0.1, 0.15) is 0 Å². The number of hydrogen-bond acceptors (Lipinski definition) is 0. The summed E-state index contributed by atoms with van der Waals surface area (Å²) in [5.74, 6) is 0. The van der Waals surface area contributed by atoms with Crippen molar-refractivity contribution in [3.63, 3.8) is 0 Å². The predicted octanol–water partition coefficient (Wildman–Crippen LogP) is 3.83.